The van der Waals surface area contributed by atoms with Gasteiger partial charge in [0.2, 0.25) is 0 Å². The molecular formula is C18H18ClNO4. The van der Waals surface area contributed by atoms with Gasteiger partial charge in [-0.1, -0.05) is 23.7 Å². The molecule has 5 nitrogen and oxygen atoms in total. The predicted molar refractivity (Wildman–Crippen MR) is 92.7 cm³/mol. The van der Waals surface area contributed by atoms with Crippen LogP contribution in [0, 0.1) is 6.92 Å². The fourth-order valence-electron chi connectivity index (χ4n) is 2.13. The van der Waals surface area contributed by atoms with Gasteiger partial charge >= 0.3 is 5.97 Å². The molecule has 0 heterocycles. The van der Waals surface area contributed by atoms with Crippen molar-refractivity contribution in [3.8, 4) is 5.75 Å². The highest BCUT2D eigenvalue weighted by molar-refractivity contribution is 6.30. The molecule has 0 unspecified atom stereocenters. The van der Waals surface area contributed by atoms with Gasteiger partial charge in [0.15, 0.2) is 6.10 Å². The molecule has 0 aromatic heterocycles. The normalized spacial score (nSPS) is 11.5. The third kappa shape index (κ3) is 4.26. The highest BCUT2D eigenvalue weighted by Crippen LogP contribution is 2.21. The number of ether oxygens (including phenoxy) is 2. The number of carbonyl (C=O) groups is 2. The minimum atomic E-state index is -0.732. The maximum atomic E-state index is 12.3. The van der Waals surface area contributed by atoms with Crippen molar-refractivity contribution in [3.63, 3.8) is 0 Å². The molecule has 0 radical (unpaired) electrons. The lowest BCUT2D eigenvalue weighted by molar-refractivity contribution is -0.122. The molecule has 0 spiro atoms. The van der Waals surface area contributed by atoms with Crippen molar-refractivity contribution < 1.29 is 19.1 Å². The molecule has 1 atom stereocenters. The van der Waals surface area contributed by atoms with Crippen molar-refractivity contribution in [1.29, 1.82) is 0 Å². The van der Waals surface area contributed by atoms with E-state index in [0.29, 0.717) is 27.6 Å². The number of amides is 1. The molecule has 6 heteroatoms. The molecule has 2 aromatic carbocycles. The summed E-state index contributed by atoms with van der Waals surface area (Å²) < 4.78 is 10.3. The maximum absolute atomic E-state index is 12.3. The molecule has 126 valence electrons. The average molecular weight is 348 g/mol. The van der Waals surface area contributed by atoms with E-state index < -0.39 is 12.1 Å². The second kappa shape index (κ2) is 7.84. The third-order valence-corrected chi connectivity index (χ3v) is 3.71. The standard InChI is InChI=1S/C18H18ClNO4/c1-11-15(18(22)23-3)8-5-9-16(11)20-17(21)12(2)24-14-7-4-6-13(19)10-14/h4-10,12H,1-3H3,(H,20,21)/t12-/m1/s1. The Kier molecular flexibility index (Phi) is 5.82. The average Bonchev–Trinajstić information content (AvgIpc) is 2.56. The molecule has 24 heavy (non-hydrogen) atoms. The van der Waals surface area contributed by atoms with Crippen LogP contribution < -0.4 is 10.1 Å². The lowest BCUT2D eigenvalue weighted by atomic mass is 10.1. The van der Waals surface area contributed by atoms with Gasteiger partial charge in [-0.2, -0.15) is 0 Å². The summed E-state index contributed by atoms with van der Waals surface area (Å²) in [5.74, 6) is -0.280. The van der Waals surface area contributed by atoms with Crippen molar-refractivity contribution in [1.82, 2.24) is 0 Å². The lowest BCUT2D eigenvalue weighted by Crippen LogP contribution is -2.30. The SMILES string of the molecule is COC(=O)c1cccc(NC(=O)[C@@H](C)Oc2cccc(Cl)c2)c1C. The fourth-order valence-corrected chi connectivity index (χ4v) is 2.31. The minimum Gasteiger partial charge on any atom is -0.481 e. The molecule has 0 aliphatic carbocycles. The minimum absolute atomic E-state index is 0.333. The van der Waals surface area contributed by atoms with Gasteiger partial charge < -0.3 is 14.8 Å². The number of carbonyl (C=O) groups excluding carboxylic acids is 2. The number of methoxy groups -OCH3 is 1. The summed E-state index contributed by atoms with van der Waals surface area (Å²) in [6, 6.07) is 11.9. The number of hydrogen-bond acceptors (Lipinski definition) is 4. The van der Waals surface area contributed by atoms with Gasteiger partial charge in [0.05, 0.1) is 12.7 Å². The third-order valence-electron chi connectivity index (χ3n) is 3.48. The van der Waals surface area contributed by atoms with Crippen LogP contribution in [0.2, 0.25) is 5.02 Å². The fraction of sp³-hybridized carbons (Fsp3) is 0.222. The number of rotatable bonds is 5. The van der Waals surface area contributed by atoms with Crippen LogP contribution in [0.15, 0.2) is 42.5 Å². The first kappa shape index (κ1) is 17.8. The van der Waals surface area contributed by atoms with Crippen LogP contribution in [-0.2, 0) is 9.53 Å². The van der Waals surface area contributed by atoms with Gasteiger partial charge in [-0.3, -0.25) is 4.79 Å². The largest absolute Gasteiger partial charge is 0.481 e. The van der Waals surface area contributed by atoms with Crippen molar-refractivity contribution in [2.24, 2.45) is 0 Å². The van der Waals surface area contributed by atoms with Gasteiger partial charge in [0, 0.05) is 10.7 Å². The first-order valence-electron chi connectivity index (χ1n) is 7.33. The molecule has 0 saturated carbocycles. The monoisotopic (exact) mass is 347 g/mol. The summed E-state index contributed by atoms with van der Waals surface area (Å²) in [5.41, 5.74) is 1.57. The zero-order chi connectivity index (χ0) is 17.7. The molecule has 0 aliphatic rings. The Balaban J connectivity index is 2.10. The van der Waals surface area contributed by atoms with Crippen LogP contribution in [-0.4, -0.2) is 25.1 Å². The topological polar surface area (TPSA) is 64.6 Å². The first-order valence-corrected chi connectivity index (χ1v) is 7.71. The maximum Gasteiger partial charge on any atom is 0.338 e. The zero-order valence-electron chi connectivity index (χ0n) is 13.6. The number of halogens is 1. The lowest BCUT2D eigenvalue weighted by Gasteiger charge is -2.16. The number of benzene rings is 2. The molecule has 1 N–H and O–H groups in total. The van der Waals surface area contributed by atoms with Crippen LogP contribution in [0.25, 0.3) is 0 Å². The second-order valence-electron chi connectivity index (χ2n) is 5.18. The summed E-state index contributed by atoms with van der Waals surface area (Å²) >= 11 is 5.89. The number of nitrogens with one attached hydrogen (secondary N) is 1. The van der Waals surface area contributed by atoms with Gasteiger partial charge in [-0.05, 0) is 49.7 Å². The van der Waals surface area contributed by atoms with Crippen molar-refractivity contribution in [2.75, 3.05) is 12.4 Å². The molecule has 0 fully saturated rings. The molecule has 0 saturated heterocycles. The summed E-state index contributed by atoms with van der Waals surface area (Å²) in [6.45, 7) is 3.38. The molecule has 1 amide bonds. The molecule has 2 rings (SSSR count). The summed E-state index contributed by atoms with van der Waals surface area (Å²) in [4.78, 5) is 24.0. The summed E-state index contributed by atoms with van der Waals surface area (Å²) in [5, 5.41) is 3.29. The highest BCUT2D eigenvalue weighted by atomic mass is 35.5. The van der Waals surface area contributed by atoms with E-state index in [1.807, 2.05) is 0 Å². The van der Waals surface area contributed by atoms with Crippen LogP contribution in [0.3, 0.4) is 0 Å². The van der Waals surface area contributed by atoms with Crippen LogP contribution in [0.4, 0.5) is 5.69 Å². The van der Waals surface area contributed by atoms with Crippen molar-refractivity contribution in [3.05, 3.63) is 58.6 Å². The smallest absolute Gasteiger partial charge is 0.338 e. The molecule has 0 aliphatic heterocycles. The number of anilines is 1. The molecular weight excluding hydrogens is 330 g/mol. The van der Waals surface area contributed by atoms with E-state index in [9.17, 15) is 9.59 Å². The summed E-state index contributed by atoms with van der Waals surface area (Å²) in [7, 11) is 1.31. The van der Waals surface area contributed by atoms with E-state index >= 15 is 0 Å². The predicted octanol–water partition coefficient (Wildman–Crippen LogP) is 3.84. The van der Waals surface area contributed by atoms with Crippen molar-refractivity contribution in [2.45, 2.75) is 20.0 Å². The van der Waals surface area contributed by atoms with Gasteiger partial charge in [0.1, 0.15) is 5.75 Å². The van der Waals surface area contributed by atoms with Crippen LogP contribution >= 0.6 is 11.6 Å². The Labute approximate surface area is 145 Å². The van der Waals surface area contributed by atoms with E-state index in [2.05, 4.69) is 5.32 Å². The van der Waals surface area contributed by atoms with E-state index in [0.717, 1.165) is 0 Å². The van der Waals surface area contributed by atoms with Crippen LogP contribution in [0.1, 0.15) is 22.8 Å². The second-order valence-corrected chi connectivity index (χ2v) is 5.61. The van der Waals surface area contributed by atoms with E-state index in [-0.39, 0.29) is 5.91 Å². The van der Waals surface area contributed by atoms with Gasteiger partial charge in [0.25, 0.3) is 5.91 Å². The van der Waals surface area contributed by atoms with Crippen LogP contribution in [0.5, 0.6) is 5.75 Å². The number of hydrogen-bond donors (Lipinski definition) is 1. The zero-order valence-corrected chi connectivity index (χ0v) is 14.4. The van der Waals surface area contributed by atoms with E-state index in [4.69, 9.17) is 21.1 Å². The Morgan fingerprint density at radius 2 is 1.88 bits per heavy atom. The van der Waals surface area contributed by atoms with Gasteiger partial charge in [-0.15, -0.1) is 0 Å². The first-order chi connectivity index (χ1) is 11.4. The Bertz CT molecular complexity index is 760. The van der Waals surface area contributed by atoms with Crippen molar-refractivity contribution >= 4 is 29.2 Å². The molecule has 0 bridgehead atoms. The molecule has 2 aromatic rings. The Hall–Kier alpha value is -2.53. The van der Waals surface area contributed by atoms with Gasteiger partial charge in [-0.25, -0.2) is 4.79 Å². The Morgan fingerprint density at radius 1 is 1.17 bits per heavy atom. The Morgan fingerprint density at radius 3 is 2.54 bits per heavy atom. The summed E-state index contributed by atoms with van der Waals surface area (Å²) in [6.07, 6.45) is -0.732. The quantitative estimate of drug-likeness (QED) is 0.834. The van der Waals surface area contributed by atoms with E-state index in [1.165, 1.54) is 7.11 Å². The van der Waals surface area contributed by atoms with E-state index in [1.54, 1.807) is 56.3 Å². The highest BCUT2D eigenvalue weighted by Gasteiger charge is 2.18. The number of esters is 1.